The van der Waals surface area contributed by atoms with Crippen molar-refractivity contribution in [2.24, 2.45) is 40.4 Å². The fraction of sp³-hybridized carbons (Fsp3) is 0.900. The molecule has 1 aliphatic heterocycles. The van der Waals surface area contributed by atoms with Gasteiger partial charge in [0.1, 0.15) is 5.60 Å². The van der Waals surface area contributed by atoms with E-state index in [1.54, 1.807) is 0 Å². The van der Waals surface area contributed by atoms with E-state index in [2.05, 4.69) is 48.1 Å². The molecule has 3 heteroatoms. The van der Waals surface area contributed by atoms with Crippen LogP contribution in [0.3, 0.4) is 0 Å². The van der Waals surface area contributed by atoms with E-state index in [1.807, 2.05) is 0 Å². The van der Waals surface area contributed by atoms with Crippen LogP contribution in [0.5, 0.6) is 0 Å². The molecule has 0 amide bonds. The first-order valence-electron chi connectivity index (χ1n) is 13.9. The van der Waals surface area contributed by atoms with Gasteiger partial charge in [0, 0.05) is 12.3 Å². The Morgan fingerprint density at radius 2 is 1.85 bits per heavy atom. The fourth-order valence-corrected chi connectivity index (χ4v) is 9.48. The molecule has 3 saturated carbocycles. The third-order valence-electron chi connectivity index (χ3n) is 11.3. The number of fused-ring (bicyclic) bond motifs is 3. The molecule has 4 aliphatic rings. The minimum absolute atomic E-state index is 0.00932. The molecule has 0 aromatic rings. The second-order valence-corrected chi connectivity index (χ2v) is 13.7. The van der Waals surface area contributed by atoms with Crippen molar-refractivity contribution in [3.05, 3.63) is 12.2 Å². The van der Waals surface area contributed by atoms with Crippen LogP contribution in [0.1, 0.15) is 119 Å². The van der Waals surface area contributed by atoms with Crippen LogP contribution in [0.15, 0.2) is 12.2 Å². The van der Waals surface area contributed by atoms with Gasteiger partial charge in [-0.2, -0.15) is 0 Å². The predicted molar refractivity (Wildman–Crippen MR) is 135 cm³/mol. The van der Waals surface area contributed by atoms with Crippen molar-refractivity contribution >= 4 is 5.97 Å². The van der Waals surface area contributed by atoms with Gasteiger partial charge in [0.2, 0.25) is 0 Å². The zero-order valence-corrected chi connectivity index (χ0v) is 22.3. The summed E-state index contributed by atoms with van der Waals surface area (Å²) in [7, 11) is 0. The molecule has 188 valence electrons. The zero-order valence-electron chi connectivity index (χ0n) is 22.3. The van der Waals surface area contributed by atoms with E-state index >= 15 is 0 Å². The van der Waals surface area contributed by atoms with Gasteiger partial charge in [-0.3, -0.25) is 4.79 Å². The van der Waals surface area contributed by atoms with Gasteiger partial charge in [-0.15, -0.1) is 0 Å². The van der Waals surface area contributed by atoms with Gasteiger partial charge >= 0.3 is 5.97 Å². The number of hydrogen-bond donors (Lipinski definition) is 1. The molecule has 0 bridgehead atoms. The average Bonchev–Trinajstić information content (AvgIpc) is 3.14. The summed E-state index contributed by atoms with van der Waals surface area (Å²) in [4.78, 5) is 12.3. The monoisotopic (exact) mass is 458 g/mol. The van der Waals surface area contributed by atoms with E-state index in [-0.39, 0.29) is 22.4 Å². The molecule has 1 heterocycles. The molecular formula is C30H50O3. The van der Waals surface area contributed by atoms with E-state index in [4.69, 9.17) is 4.74 Å². The minimum Gasteiger partial charge on any atom is -0.458 e. The molecule has 8 atom stereocenters. The predicted octanol–water partition coefficient (Wildman–Crippen LogP) is 7.46. The third kappa shape index (κ3) is 4.13. The molecule has 0 radical (unpaired) electrons. The molecule has 0 aromatic carbocycles. The first-order chi connectivity index (χ1) is 15.3. The molecule has 3 nitrogen and oxygen atoms in total. The molecule has 33 heavy (non-hydrogen) atoms. The molecular weight excluding hydrogens is 408 g/mol. The Bertz CT molecular complexity index is 769. The molecule has 1 spiro atoms. The van der Waals surface area contributed by atoms with Gasteiger partial charge in [0.25, 0.3) is 0 Å². The lowest BCUT2D eigenvalue weighted by atomic mass is 9.47. The molecule has 1 N–H and O–H groups in total. The summed E-state index contributed by atoms with van der Waals surface area (Å²) < 4.78 is 6.16. The summed E-state index contributed by atoms with van der Waals surface area (Å²) in [6.45, 7) is 18.3. The Kier molecular flexibility index (Phi) is 6.65. The Balaban J connectivity index is 1.59. The number of carbonyl (C=O) groups is 1. The van der Waals surface area contributed by atoms with Crippen molar-refractivity contribution in [2.75, 3.05) is 0 Å². The van der Waals surface area contributed by atoms with Crippen LogP contribution < -0.4 is 0 Å². The lowest BCUT2D eigenvalue weighted by Crippen LogP contribution is -2.53. The van der Waals surface area contributed by atoms with E-state index in [1.165, 1.54) is 37.7 Å². The van der Waals surface area contributed by atoms with Gasteiger partial charge in [-0.1, -0.05) is 52.7 Å². The van der Waals surface area contributed by atoms with E-state index in [0.29, 0.717) is 36.0 Å². The van der Waals surface area contributed by atoms with Crippen molar-refractivity contribution < 1.29 is 14.6 Å². The molecule has 4 rings (SSSR count). The van der Waals surface area contributed by atoms with Crippen molar-refractivity contribution in [1.82, 2.24) is 0 Å². The standard InChI is InChI=1S/C30H50O3/c1-20(2)9-8-15-29(7,32)25-13-17-27(5)24-11-10-23(21(3)4)30(18-14-26(31)33-30)19-22(24)12-16-28(25,27)6/h20,22-25,32H,3,8-19H2,1-2,4-7H3/t22-,23+,24-,25+,27+,28-,29+,30-/m1/s1. The SMILES string of the molecule is C=C(C)[C@@H]1CC[C@@H]2[C@H](CC[C@]3(C)[C@@H]([C@@](C)(O)CCCC(C)C)CC[C@@]23C)C[C@]12CCC(=O)O2. The second kappa shape index (κ2) is 8.68. The highest BCUT2D eigenvalue weighted by atomic mass is 16.6. The van der Waals surface area contributed by atoms with Crippen molar-refractivity contribution in [1.29, 1.82) is 0 Å². The zero-order chi connectivity index (χ0) is 24.2. The third-order valence-corrected chi connectivity index (χ3v) is 11.3. The second-order valence-electron chi connectivity index (χ2n) is 13.7. The van der Waals surface area contributed by atoms with Crippen LogP contribution in [0.4, 0.5) is 0 Å². The normalized spacial score (nSPS) is 44.8. The van der Waals surface area contributed by atoms with Crippen molar-refractivity contribution in [3.63, 3.8) is 0 Å². The lowest BCUT2D eigenvalue weighted by molar-refractivity contribution is -0.156. The first-order valence-corrected chi connectivity index (χ1v) is 13.9. The summed E-state index contributed by atoms with van der Waals surface area (Å²) >= 11 is 0. The summed E-state index contributed by atoms with van der Waals surface area (Å²) in [6, 6.07) is 0. The maximum Gasteiger partial charge on any atom is 0.306 e. The summed E-state index contributed by atoms with van der Waals surface area (Å²) in [5.74, 6) is 2.62. The van der Waals surface area contributed by atoms with Crippen molar-refractivity contribution in [2.45, 2.75) is 130 Å². The number of hydrogen-bond acceptors (Lipinski definition) is 3. The maximum atomic E-state index is 12.3. The molecule has 0 aromatic heterocycles. The molecule has 1 saturated heterocycles. The number of ether oxygens (including phenoxy) is 1. The van der Waals surface area contributed by atoms with E-state index in [0.717, 1.165) is 38.5 Å². The largest absolute Gasteiger partial charge is 0.458 e. The van der Waals surface area contributed by atoms with Crippen molar-refractivity contribution in [3.8, 4) is 0 Å². The van der Waals surface area contributed by atoms with Gasteiger partial charge < -0.3 is 9.84 Å². The maximum absolute atomic E-state index is 12.3. The highest BCUT2D eigenvalue weighted by Gasteiger charge is 2.65. The van der Waals surface area contributed by atoms with Gasteiger partial charge in [-0.05, 0) is 106 Å². The van der Waals surface area contributed by atoms with Gasteiger partial charge in [0.05, 0.1) is 5.60 Å². The number of rotatable bonds is 6. The van der Waals surface area contributed by atoms with Crippen LogP contribution in [0, 0.1) is 40.4 Å². The Morgan fingerprint density at radius 1 is 1.15 bits per heavy atom. The Hall–Kier alpha value is -0.830. The molecule has 0 unspecified atom stereocenters. The summed E-state index contributed by atoms with van der Waals surface area (Å²) in [6.07, 6.45) is 12.8. The van der Waals surface area contributed by atoms with Gasteiger partial charge in [0.15, 0.2) is 0 Å². The quantitative estimate of drug-likeness (QED) is 0.332. The van der Waals surface area contributed by atoms with Crippen LogP contribution in [-0.2, 0) is 9.53 Å². The van der Waals surface area contributed by atoms with Crippen LogP contribution in [0.2, 0.25) is 0 Å². The highest BCUT2D eigenvalue weighted by molar-refractivity contribution is 5.72. The Morgan fingerprint density at radius 3 is 2.45 bits per heavy atom. The minimum atomic E-state index is -0.582. The number of aliphatic hydroxyl groups is 1. The summed E-state index contributed by atoms with van der Waals surface area (Å²) in [5.41, 5.74) is 0.719. The van der Waals surface area contributed by atoms with E-state index < -0.39 is 5.60 Å². The lowest BCUT2D eigenvalue weighted by Gasteiger charge is -2.58. The summed E-state index contributed by atoms with van der Waals surface area (Å²) in [5, 5.41) is 11.7. The number of esters is 1. The van der Waals surface area contributed by atoms with Gasteiger partial charge in [-0.25, -0.2) is 0 Å². The van der Waals surface area contributed by atoms with Crippen LogP contribution >= 0.6 is 0 Å². The smallest absolute Gasteiger partial charge is 0.306 e. The van der Waals surface area contributed by atoms with Crippen LogP contribution in [0.25, 0.3) is 0 Å². The fourth-order valence-electron chi connectivity index (χ4n) is 9.48. The highest BCUT2D eigenvalue weighted by Crippen LogP contribution is 2.71. The molecule has 3 aliphatic carbocycles. The Labute approximate surface area is 203 Å². The topological polar surface area (TPSA) is 46.5 Å². The van der Waals surface area contributed by atoms with Crippen LogP contribution in [-0.4, -0.2) is 22.3 Å². The molecule has 4 fully saturated rings. The number of carbonyl (C=O) groups excluding carboxylic acids is 1. The van der Waals surface area contributed by atoms with E-state index in [9.17, 15) is 9.90 Å². The first kappa shape index (κ1) is 25.3. The average molecular weight is 459 g/mol.